The molecule has 0 amide bonds. The standard InChI is InChI=1S/C16H20N2O3/c1-12-11-19-15-3-2-13(10-14(15)17-12)18-6-4-16(5-7-18)20-8-9-21-16/h2-3,10,17H,1,4-9,11H2. The van der Waals surface area contributed by atoms with Crippen molar-refractivity contribution in [3.63, 3.8) is 0 Å². The molecule has 1 aromatic rings. The SMILES string of the molecule is C=C1COc2ccc(N3CCC4(CC3)OCCO4)cc2N1. The summed E-state index contributed by atoms with van der Waals surface area (Å²) in [5.74, 6) is 0.572. The van der Waals surface area contributed by atoms with Gasteiger partial charge in [-0.05, 0) is 18.2 Å². The zero-order valence-corrected chi connectivity index (χ0v) is 12.1. The maximum Gasteiger partial charge on any atom is 0.171 e. The van der Waals surface area contributed by atoms with Gasteiger partial charge in [0.1, 0.15) is 12.4 Å². The summed E-state index contributed by atoms with van der Waals surface area (Å²) in [6, 6.07) is 6.27. The second-order valence-corrected chi connectivity index (χ2v) is 5.79. The van der Waals surface area contributed by atoms with E-state index in [0.717, 1.165) is 56.3 Å². The summed E-state index contributed by atoms with van der Waals surface area (Å²) >= 11 is 0. The number of nitrogens with zero attached hydrogens (tertiary/aromatic N) is 1. The largest absolute Gasteiger partial charge is 0.485 e. The van der Waals surface area contributed by atoms with Crippen molar-refractivity contribution in [3.05, 3.63) is 30.5 Å². The number of ether oxygens (including phenoxy) is 3. The number of hydrogen-bond acceptors (Lipinski definition) is 5. The molecular weight excluding hydrogens is 268 g/mol. The van der Waals surface area contributed by atoms with Gasteiger partial charge in [0.25, 0.3) is 0 Å². The molecule has 0 unspecified atom stereocenters. The molecule has 1 spiro atoms. The third-order valence-corrected chi connectivity index (χ3v) is 4.38. The predicted octanol–water partition coefficient (Wildman–Crippen LogP) is 2.35. The molecule has 3 heterocycles. The first-order chi connectivity index (χ1) is 10.2. The van der Waals surface area contributed by atoms with E-state index in [4.69, 9.17) is 14.2 Å². The Balaban J connectivity index is 1.50. The lowest BCUT2D eigenvalue weighted by Crippen LogP contribution is -2.45. The molecule has 3 aliphatic heterocycles. The quantitative estimate of drug-likeness (QED) is 0.859. The van der Waals surface area contributed by atoms with E-state index in [2.05, 4.69) is 28.9 Å². The number of piperidine rings is 1. The molecule has 1 aromatic carbocycles. The van der Waals surface area contributed by atoms with E-state index < -0.39 is 0 Å². The number of rotatable bonds is 1. The van der Waals surface area contributed by atoms with Crippen molar-refractivity contribution < 1.29 is 14.2 Å². The van der Waals surface area contributed by atoms with Gasteiger partial charge in [-0.3, -0.25) is 0 Å². The Morgan fingerprint density at radius 1 is 1.14 bits per heavy atom. The topological polar surface area (TPSA) is 43.0 Å². The fourth-order valence-electron chi connectivity index (χ4n) is 3.22. The van der Waals surface area contributed by atoms with Gasteiger partial charge in [0, 0.05) is 37.3 Å². The fraction of sp³-hybridized carbons (Fsp3) is 0.500. The second kappa shape index (κ2) is 4.93. The molecule has 5 nitrogen and oxygen atoms in total. The molecule has 5 heteroatoms. The van der Waals surface area contributed by atoms with Crippen molar-refractivity contribution in [2.45, 2.75) is 18.6 Å². The number of hydrogen-bond donors (Lipinski definition) is 1. The third-order valence-electron chi connectivity index (χ3n) is 4.38. The van der Waals surface area contributed by atoms with Crippen LogP contribution in [0.2, 0.25) is 0 Å². The van der Waals surface area contributed by atoms with Crippen molar-refractivity contribution >= 4 is 11.4 Å². The van der Waals surface area contributed by atoms with Crippen LogP contribution < -0.4 is 15.0 Å². The fourth-order valence-corrected chi connectivity index (χ4v) is 3.22. The highest BCUT2D eigenvalue weighted by molar-refractivity contribution is 5.68. The number of fused-ring (bicyclic) bond motifs is 1. The van der Waals surface area contributed by atoms with Crippen molar-refractivity contribution in [2.24, 2.45) is 0 Å². The smallest absolute Gasteiger partial charge is 0.171 e. The van der Waals surface area contributed by atoms with E-state index >= 15 is 0 Å². The Morgan fingerprint density at radius 2 is 1.90 bits per heavy atom. The number of anilines is 2. The molecule has 2 saturated heterocycles. The van der Waals surface area contributed by atoms with Gasteiger partial charge in [0.15, 0.2) is 5.79 Å². The van der Waals surface area contributed by atoms with Crippen molar-refractivity contribution in [3.8, 4) is 5.75 Å². The van der Waals surface area contributed by atoms with Gasteiger partial charge >= 0.3 is 0 Å². The molecule has 21 heavy (non-hydrogen) atoms. The lowest BCUT2D eigenvalue weighted by Gasteiger charge is -2.39. The average molecular weight is 288 g/mol. The van der Waals surface area contributed by atoms with Gasteiger partial charge in [0.05, 0.1) is 18.9 Å². The van der Waals surface area contributed by atoms with Crippen LogP contribution in [0, 0.1) is 0 Å². The van der Waals surface area contributed by atoms with Crippen LogP contribution in [0.5, 0.6) is 5.75 Å². The summed E-state index contributed by atoms with van der Waals surface area (Å²) in [6.45, 7) is 7.79. The first kappa shape index (κ1) is 13.0. The first-order valence-corrected chi connectivity index (χ1v) is 7.49. The monoisotopic (exact) mass is 288 g/mol. The average Bonchev–Trinajstić information content (AvgIpc) is 2.95. The zero-order valence-electron chi connectivity index (χ0n) is 12.1. The molecule has 0 aliphatic carbocycles. The van der Waals surface area contributed by atoms with Crippen molar-refractivity contribution in [2.75, 3.05) is 43.1 Å². The minimum absolute atomic E-state index is 0.319. The van der Waals surface area contributed by atoms with Crippen LogP contribution in [0.15, 0.2) is 30.5 Å². The van der Waals surface area contributed by atoms with Crippen molar-refractivity contribution in [1.82, 2.24) is 0 Å². The Bertz CT molecular complexity index is 557. The number of benzene rings is 1. The summed E-state index contributed by atoms with van der Waals surface area (Å²) < 4.78 is 17.2. The van der Waals surface area contributed by atoms with Gasteiger partial charge in [-0.2, -0.15) is 0 Å². The first-order valence-electron chi connectivity index (χ1n) is 7.49. The van der Waals surface area contributed by atoms with Gasteiger partial charge in [0.2, 0.25) is 0 Å². The van der Waals surface area contributed by atoms with Crippen LogP contribution in [-0.4, -0.2) is 38.7 Å². The lowest BCUT2D eigenvalue weighted by atomic mass is 10.0. The van der Waals surface area contributed by atoms with E-state index in [0.29, 0.717) is 6.61 Å². The third kappa shape index (κ3) is 2.36. The van der Waals surface area contributed by atoms with E-state index in [9.17, 15) is 0 Å². The van der Waals surface area contributed by atoms with E-state index in [1.165, 1.54) is 5.69 Å². The van der Waals surface area contributed by atoms with Gasteiger partial charge in [-0.1, -0.05) is 6.58 Å². The van der Waals surface area contributed by atoms with Crippen LogP contribution in [0.1, 0.15) is 12.8 Å². The second-order valence-electron chi connectivity index (χ2n) is 5.79. The molecule has 0 radical (unpaired) electrons. The van der Waals surface area contributed by atoms with E-state index in [-0.39, 0.29) is 5.79 Å². The Labute approximate surface area is 124 Å². The van der Waals surface area contributed by atoms with Crippen LogP contribution in [-0.2, 0) is 9.47 Å². The molecule has 0 bridgehead atoms. The highest BCUT2D eigenvalue weighted by Crippen LogP contribution is 2.37. The summed E-state index contributed by atoms with van der Waals surface area (Å²) in [5.41, 5.74) is 3.09. The molecule has 0 aromatic heterocycles. The molecular formula is C16H20N2O3. The van der Waals surface area contributed by atoms with Gasteiger partial charge < -0.3 is 24.4 Å². The molecule has 0 atom stereocenters. The van der Waals surface area contributed by atoms with E-state index in [1.54, 1.807) is 0 Å². The normalized spacial score (nSPS) is 23.6. The number of nitrogens with one attached hydrogen (secondary N) is 1. The van der Waals surface area contributed by atoms with E-state index in [1.807, 2.05) is 6.07 Å². The molecule has 1 N–H and O–H groups in total. The van der Waals surface area contributed by atoms with Crippen LogP contribution in [0.25, 0.3) is 0 Å². The summed E-state index contributed by atoms with van der Waals surface area (Å²) in [4.78, 5) is 2.37. The predicted molar refractivity (Wildman–Crippen MR) is 80.8 cm³/mol. The minimum atomic E-state index is -0.319. The highest BCUT2D eigenvalue weighted by Gasteiger charge is 2.39. The molecule has 0 saturated carbocycles. The van der Waals surface area contributed by atoms with Crippen LogP contribution in [0.3, 0.4) is 0 Å². The highest BCUT2D eigenvalue weighted by atomic mass is 16.7. The van der Waals surface area contributed by atoms with Crippen LogP contribution in [0.4, 0.5) is 11.4 Å². The zero-order chi connectivity index (χ0) is 14.3. The molecule has 4 rings (SSSR count). The molecule has 2 fully saturated rings. The van der Waals surface area contributed by atoms with Crippen molar-refractivity contribution in [1.29, 1.82) is 0 Å². The Hall–Kier alpha value is -1.72. The van der Waals surface area contributed by atoms with Gasteiger partial charge in [-0.25, -0.2) is 0 Å². The van der Waals surface area contributed by atoms with Crippen LogP contribution >= 0.6 is 0 Å². The maximum absolute atomic E-state index is 5.78. The molecule has 112 valence electrons. The maximum atomic E-state index is 5.78. The lowest BCUT2D eigenvalue weighted by molar-refractivity contribution is -0.169. The Morgan fingerprint density at radius 3 is 2.67 bits per heavy atom. The summed E-state index contributed by atoms with van der Waals surface area (Å²) in [7, 11) is 0. The summed E-state index contributed by atoms with van der Waals surface area (Å²) in [5, 5.41) is 3.29. The minimum Gasteiger partial charge on any atom is -0.485 e. The summed E-state index contributed by atoms with van der Waals surface area (Å²) in [6.07, 6.45) is 1.83. The molecule has 3 aliphatic rings. The van der Waals surface area contributed by atoms with Gasteiger partial charge in [-0.15, -0.1) is 0 Å². The Kier molecular flexibility index (Phi) is 3.05.